The lowest BCUT2D eigenvalue weighted by Crippen LogP contribution is -2.14. The zero-order chi connectivity index (χ0) is 34.1. The summed E-state index contributed by atoms with van der Waals surface area (Å²) in [7, 11) is 0. The highest BCUT2D eigenvalue weighted by Crippen LogP contribution is 2.46. The summed E-state index contributed by atoms with van der Waals surface area (Å²) in [6, 6.07) is 34.2. The highest BCUT2D eigenvalue weighted by Gasteiger charge is 2.31. The first-order chi connectivity index (χ1) is 23.2. The summed E-state index contributed by atoms with van der Waals surface area (Å²) in [6.07, 6.45) is -1.19. The van der Waals surface area contributed by atoms with Crippen LogP contribution in [-0.2, 0) is 11.4 Å². The second kappa shape index (κ2) is 13.1. The van der Waals surface area contributed by atoms with E-state index < -0.39 is 23.4 Å². The monoisotopic (exact) mass is 650 g/mol. The Balaban J connectivity index is 1.70. The first-order valence-corrected chi connectivity index (χ1v) is 16.1. The van der Waals surface area contributed by atoms with E-state index in [1.54, 1.807) is 64.6 Å². The average Bonchev–Trinajstić information content (AvgIpc) is 3.44. The molecule has 0 aliphatic heterocycles. The number of nitriles is 2. The number of rotatable bonds is 7. The molecule has 0 spiro atoms. The number of fused-ring (bicyclic) bond motifs is 1. The molecule has 1 amide bonds. The van der Waals surface area contributed by atoms with Gasteiger partial charge in [0.15, 0.2) is 4.90 Å². The molecule has 1 heterocycles. The van der Waals surface area contributed by atoms with Gasteiger partial charge in [-0.2, -0.15) is 14.5 Å². The lowest BCUT2D eigenvalue weighted by atomic mass is 9.90. The van der Waals surface area contributed by atoms with Crippen LogP contribution in [0.2, 0.25) is 0 Å². The molecule has 6 aromatic rings. The molecule has 5 aromatic carbocycles. The molecule has 0 bridgehead atoms. The van der Waals surface area contributed by atoms with Crippen molar-refractivity contribution in [1.82, 2.24) is 3.97 Å². The number of nitrogens with zero attached hydrogens (tertiary/aromatic N) is 4. The first-order valence-electron chi connectivity index (χ1n) is 15.0. The van der Waals surface area contributed by atoms with Gasteiger partial charge in [0.1, 0.15) is 23.2 Å². The van der Waals surface area contributed by atoms with Crippen molar-refractivity contribution in [3.05, 3.63) is 141 Å². The van der Waals surface area contributed by atoms with Crippen molar-refractivity contribution in [2.45, 2.75) is 31.8 Å². The minimum atomic E-state index is -1.85. The second-order valence-corrected chi connectivity index (χ2v) is 12.8. The van der Waals surface area contributed by atoms with Gasteiger partial charge in [-0.15, -0.1) is 4.91 Å². The van der Waals surface area contributed by atoms with E-state index >= 15 is 0 Å². The van der Waals surface area contributed by atoms with E-state index in [1.807, 2.05) is 56.3 Å². The van der Waals surface area contributed by atoms with Crippen LogP contribution in [0.3, 0.4) is 0 Å². The highest BCUT2D eigenvalue weighted by molar-refractivity contribution is 7.90. The van der Waals surface area contributed by atoms with Gasteiger partial charge in [-0.05, 0) is 97.6 Å². The largest absolute Gasteiger partial charge is 0.587 e. The third-order valence-corrected chi connectivity index (χ3v) is 9.73. The lowest BCUT2D eigenvalue weighted by Gasteiger charge is -2.18. The van der Waals surface area contributed by atoms with Crippen molar-refractivity contribution in [3.63, 3.8) is 0 Å². The summed E-state index contributed by atoms with van der Waals surface area (Å²) < 4.78 is 30.5. The number of nitroso groups, excluding NO2 is 1. The highest BCUT2D eigenvalue weighted by atomic mass is 32.2. The van der Waals surface area contributed by atoms with Crippen molar-refractivity contribution >= 4 is 28.2 Å². The molecule has 0 saturated carbocycles. The van der Waals surface area contributed by atoms with Crippen molar-refractivity contribution in [2.75, 3.05) is 0 Å². The maximum atomic E-state index is 14.7. The number of aromatic nitrogens is 1. The normalized spacial score (nSPS) is 12.2. The number of benzene rings is 5. The number of halogens is 1. The smallest absolute Gasteiger partial charge is 0.316 e. The van der Waals surface area contributed by atoms with E-state index in [0.717, 1.165) is 22.3 Å². The molecule has 1 aromatic heterocycles. The van der Waals surface area contributed by atoms with Crippen molar-refractivity contribution in [1.29, 1.82) is 10.5 Å². The van der Waals surface area contributed by atoms with Gasteiger partial charge in [0.05, 0.1) is 28.8 Å². The van der Waals surface area contributed by atoms with Gasteiger partial charge in [0.25, 0.3) is 0 Å². The predicted octanol–water partition coefficient (Wildman–Crippen LogP) is 9.51. The van der Waals surface area contributed by atoms with Crippen molar-refractivity contribution in [3.8, 4) is 45.6 Å². The molecule has 2 atom stereocenters. The predicted molar refractivity (Wildman–Crippen MR) is 185 cm³/mol. The number of aryl methyl sites for hydroxylation is 2. The van der Waals surface area contributed by atoms with Crippen LogP contribution in [0.15, 0.2) is 113 Å². The SMILES string of the molecule is Cc1ccc2c(c1)c(-c1c(C#N)cccc1C#N)c(-c1cccc(-c3ccc(C(=O)N=O)cc3C)c1)n2[S+]([O-])c1ccc(C(C)F)cc1. The Hall–Kier alpha value is -5.87. The van der Waals surface area contributed by atoms with Crippen LogP contribution in [0.1, 0.15) is 51.3 Å². The zero-order valence-electron chi connectivity index (χ0n) is 26.2. The summed E-state index contributed by atoms with van der Waals surface area (Å²) in [5.41, 5.74) is 7.28. The minimum Gasteiger partial charge on any atom is -0.587 e. The van der Waals surface area contributed by atoms with Gasteiger partial charge in [-0.3, -0.25) is 4.79 Å². The number of hydrogen-bond acceptors (Lipinski definition) is 5. The summed E-state index contributed by atoms with van der Waals surface area (Å²) in [4.78, 5) is 23.2. The second-order valence-electron chi connectivity index (χ2n) is 11.4. The molecule has 234 valence electrons. The Kier molecular flexibility index (Phi) is 8.75. The molecule has 0 aliphatic rings. The Morgan fingerprint density at radius 1 is 0.854 bits per heavy atom. The number of alkyl halides is 1. The van der Waals surface area contributed by atoms with Gasteiger partial charge < -0.3 is 4.55 Å². The van der Waals surface area contributed by atoms with Crippen LogP contribution in [-0.4, -0.2) is 14.4 Å². The van der Waals surface area contributed by atoms with E-state index in [9.17, 15) is 29.2 Å². The molecule has 0 N–H and O–H groups in total. The van der Waals surface area contributed by atoms with Gasteiger partial charge in [0, 0.05) is 32.8 Å². The Morgan fingerprint density at radius 3 is 2.15 bits per heavy atom. The standard InChI is InChI=1S/C39H27FN4O3S/c1-23-10-17-35-34(18-23)37(36-30(21-41)8-5-9-31(36)22-42)38(44(35)48(47)32-14-11-26(12-15-32)25(3)40)28-7-4-6-27(20-28)33-16-13-29(19-24(33)2)39(45)43-46/h4-20,25H,1-3H3. The molecule has 6 rings (SSSR count). The summed E-state index contributed by atoms with van der Waals surface area (Å²) in [5.74, 6) is -0.858. The van der Waals surface area contributed by atoms with Gasteiger partial charge in [-0.1, -0.05) is 54.1 Å². The third-order valence-electron chi connectivity index (χ3n) is 8.35. The third kappa shape index (κ3) is 5.67. The minimum absolute atomic E-state index is 0.181. The molecular formula is C39H27FN4O3S. The summed E-state index contributed by atoms with van der Waals surface area (Å²) >= 11 is -1.85. The van der Waals surface area contributed by atoms with Gasteiger partial charge in [0.2, 0.25) is 0 Å². The maximum absolute atomic E-state index is 14.7. The van der Waals surface area contributed by atoms with E-state index in [1.165, 1.54) is 6.92 Å². The van der Waals surface area contributed by atoms with E-state index in [4.69, 9.17) is 0 Å². The van der Waals surface area contributed by atoms with E-state index in [-0.39, 0.29) is 5.56 Å². The van der Waals surface area contributed by atoms with Crippen LogP contribution in [0.5, 0.6) is 0 Å². The average molecular weight is 651 g/mol. The molecule has 0 saturated heterocycles. The number of amides is 1. The number of carbonyl (C=O) groups is 1. The van der Waals surface area contributed by atoms with Gasteiger partial charge in [-0.25, -0.2) is 4.39 Å². The van der Waals surface area contributed by atoms with Crippen molar-refractivity contribution < 1.29 is 13.7 Å². The van der Waals surface area contributed by atoms with Gasteiger partial charge >= 0.3 is 5.91 Å². The molecule has 0 aliphatic carbocycles. The molecule has 0 radical (unpaired) electrons. The first kappa shape index (κ1) is 32.1. The van der Waals surface area contributed by atoms with E-state index in [2.05, 4.69) is 17.3 Å². The zero-order valence-corrected chi connectivity index (χ0v) is 27.0. The molecule has 7 nitrogen and oxygen atoms in total. The molecule has 48 heavy (non-hydrogen) atoms. The molecule has 9 heteroatoms. The molecule has 0 fully saturated rings. The molecule has 2 unspecified atom stereocenters. The Labute approximate surface area is 279 Å². The maximum Gasteiger partial charge on any atom is 0.316 e. The van der Waals surface area contributed by atoms with Crippen LogP contribution >= 0.6 is 0 Å². The van der Waals surface area contributed by atoms with Crippen LogP contribution in [0.25, 0.3) is 44.4 Å². The topological polar surface area (TPSA) is 122 Å². The fourth-order valence-corrected chi connectivity index (χ4v) is 7.31. The van der Waals surface area contributed by atoms with Crippen LogP contribution < -0.4 is 0 Å². The number of hydrogen-bond donors (Lipinski definition) is 0. The summed E-state index contributed by atoms with van der Waals surface area (Å²) in [5, 5.41) is 23.7. The fourth-order valence-electron chi connectivity index (χ4n) is 6.03. The summed E-state index contributed by atoms with van der Waals surface area (Å²) in [6.45, 7) is 5.21. The van der Waals surface area contributed by atoms with E-state index in [0.29, 0.717) is 54.9 Å². The Bertz CT molecular complexity index is 2300. The van der Waals surface area contributed by atoms with Crippen LogP contribution in [0, 0.1) is 41.4 Å². The number of carbonyl (C=O) groups excluding carboxylic acids is 1. The fraction of sp³-hybridized carbons (Fsp3) is 0.103. The molecular weight excluding hydrogens is 624 g/mol. The quantitative estimate of drug-likeness (QED) is 0.126. The Morgan fingerprint density at radius 2 is 1.52 bits per heavy atom. The lowest BCUT2D eigenvalue weighted by molar-refractivity contribution is 0.100. The van der Waals surface area contributed by atoms with Crippen LogP contribution in [0.4, 0.5) is 4.39 Å². The van der Waals surface area contributed by atoms with Crippen molar-refractivity contribution in [2.24, 2.45) is 5.18 Å².